The molecule has 2 N–H and O–H groups in total. The van der Waals surface area contributed by atoms with Crippen molar-refractivity contribution in [2.24, 2.45) is 10.3 Å². The van der Waals surface area contributed by atoms with Crippen LogP contribution in [0.3, 0.4) is 0 Å². The lowest BCUT2D eigenvalue weighted by Crippen LogP contribution is -2.16. The Balaban J connectivity index is 2.13. The van der Waals surface area contributed by atoms with Crippen molar-refractivity contribution in [3.63, 3.8) is 0 Å². The van der Waals surface area contributed by atoms with Gasteiger partial charge < -0.3 is 10.4 Å². The van der Waals surface area contributed by atoms with Gasteiger partial charge in [0.25, 0.3) is 0 Å². The van der Waals surface area contributed by atoms with Crippen molar-refractivity contribution >= 4 is 11.4 Å². The van der Waals surface area contributed by atoms with E-state index in [4.69, 9.17) is 5.21 Å². The minimum absolute atomic E-state index is 0.367. The zero-order chi connectivity index (χ0) is 15.8. The summed E-state index contributed by atoms with van der Waals surface area (Å²) < 4.78 is 0. The Bertz CT molecular complexity index is 514. The summed E-state index contributed by atoms with van der Waals surface area (Å²) in [6.45, 7) is 2.07. The minimum atomic E-state index is 0.367. The molecular weight excluding hydrogens is 276 g/mol. The van der Waals surface area contributed by atoms with Crippen LogP contribution in [0, 0.1) is 0 Å². The van der Waals surface area contributed by atoms with Gasteiger partial charge in [-0.2, -0.15) is 0 Å². The van der Waals surface area contributed by atoms with Crippen molar-refractivity contribution in [3.8, 4) is 0 Å². The normalized spacial score (nSPS) is 17.7. The Kier molecular flexibility index (Phi) is 6.44. The van der Waals surface area contributed by atoms with E-state index >= 15 is 0 Å². The summed E-state index contributed by atoms with van der Waals surface area (Å²) in [5.74, 6) is 0.656. The largest absolute Gasteiger partial charge is 0.411 e. The Morgan fingerprint density at radius 1 is 1.05 bits per heavy atom. The highest BCUT2D eigenvalue weighted by Crippen LogP contribution is 2.32. The SMILES string of the molecule is CCCCC(=NO)C(=NO)c1ccc(C2CCCCC2)cc1. The smallest absolute Gasteiger partial charge is 0.134 e. The van der Waals surface area contributed by atoms with E-state index < -0.39 is 0 Å². The van der Waals surface area contributed by atoms with Crippen LogP contribution in [-0.2, 0) is 0 Å². The molecule has 4 nitrogen and oxygen atoms in total. The van der Waals surface area contributed by atoms with Gasteiger partial charge in [0.15, 0.2) is 0 Å². The first kappa shape index (κ1) is 16.5. The second-order valence-corrected chi connectivity index (χ2v) is 6.06. The molecule has 0 heterocycles. The molecule has 1 aromatic rings. The van der Waals surface area contributed by atoms with Crippen LogP contribution in [0.4, 0.5) is 0 Å². The van der Waals surface area contributed by atoms with E-state index in [9.17, 15) is 5.21 Å². The van der Waals surface area contributed by atoms with Crippen molar-refractivity contribution in [1.29, 1.82) is 0 Å². The minimum Gasteiger partial charge on any atom is -0.411 e. The Morgan fingerprint density at radius 3 is 2.27 bits per heavy atom. The van der Waals surface area contributed by atoms with Crippen LogP contribution in [0.15, 0.2) is 34.6 Å². The van der Waals surface area contributed by atoms with Gasteiger partial charge >= 0.3 is 0 Å². The number of nitrogens with zero attached hydrogens (tertiary/aromatic N) is 2. The zero-order valence-corrected chi connectivity index (χ0v) is 13.3. The Morgan fingerprint density at radius 2 is 1.73 bits per heavy atom. The quantitative estimate of drug-likeness (QED) is 0.444. The van der Waals surface area contributed by atoms with E-state index in [-0.39, 0.29) is 0 Å². The fourth-order valence-corrected chi connectivity index (χ4v) is 3.19. The van der Waals surface area contributed by atoms with Gasteiger partial charge in [0.05, 0.1) is 0 Å². The first-order valence-electron chi connectivity index (χ1n) is 8.33. The third-order valence-electron chi connectivity index (χ3n) is 4.52. The van der Waals surface area contributed by atoms with Gasteiger partial charge in [0.2, 0.25) is 0 Å². The number of unbranched alkanes of at least 4 members (excludes halogenated alkanes) is 1. The highest BCUT2D eigenvalue weighted by molar-refractivity contribution is 6.48. The molecule has 0 bridgehead atoms. The molecule has 1 aromatic carbocycles. The maximum absolute atomic E-state index is 9.29. The van der Waals surface area contributed by atoms with Crippen molar-refractivity contribution < 1.29 is 10.4 Å². The fourth-order valence-electron chi connectivity index (χ4n) is 3.19. The third-order valence-corrected chi connectivity index (χ3v) is 4.52. The summed E-state index contributed by atoms with van der Waals surface area (Å²) in [6, 6.07) is 8.17. The lowest BCUT2D eigenvalue weighted by atomic mass is 9.83. The van der Waals surface area contributed by atoms with Crippen LogP contribution in [0.5, 0.6) is 0 Å². The third kappa shape index (κ3) is 4.09. The maximum atomic E-state index is 9.29. The van der Waals surface area contributed by atoms with Gasteiger partial charge in [-0.15, -0.1) is 0 Å². The van der Waals surface area contributed by atoms with Gasteiger partial charge in [0, 0.05) is 5.56 Å². The molecule has 120 valence electrons. The standard InChI is InChI=1S/C18H26N2O2/c1-2-3-9-17(19-21)18(20-22)16-12-10-15(11-13-16)14-7-5-4-6-8-14/h10-14,21-22H,2-9H2,1H3. The first-order chi connectivity index (χ1) is 10.8. The topological polar surface area (TPSA) is 65.2 Å². The van der Waals surface area contributed by atoms with Gasteiger partial charge in [0.1, 0.15) is 11.4 Å². The molecule has 0 spiro atoms. The van der Waals surface area contributed by atoms with Gasteiger partial charge in [-0.1, -0.05) is 67.2 Å². The molecular formula is C18H26N2O2. The molecule has 22 heavy (non-hydrogen) atoms. The van der Waals surface area contributed by atoms with E-state index in [2.05, 4.69) is 29.4 Å². The van der Waals surface area contributed by atoms with Crippen LogP contribution >= 0.6 is 0 Å². The lowest BCUT2D eigenvalue weighted by Gasteiger charge is -2.22. The van der Waals surface area contributed by atoms with Crippen molar-refractivity contribution in [3.05, 3.63) is 35.4 Å². The molecule has 0 unspecified atom stereocenters. The molecule has 1 saturated carbocycles. The summed E-state index contributed by atoms with van der Waals surface area (Å²) in [4.78, 5) is 0. The summed E-state index contributed by atoms with van der Waals surface area (Å²) in [7, 11) is 0. The van der Waals surface area contributed by atoms with Crippen LogP contribution in [-0.4, -0.2) is 21.8 Å². The number of benzene rings is 1. The number of oxime groups is 2. The average Bonchev–Trinajstić information content (AvgIpc) is 2.59. The number of hydrogen-bond acceptors (Lipinski definition) is 4. The zero-order valence-electron chi connectivity index (χ0n) is 13.3. The molecule has 1 fully saturated rings. The number of hydrogen-bond donors (Lipinski definition) is 2. The lowest BCUT2D eigenvalue weighted by molar-refractivity contribution is 0.313. The molecule has 1 aliphatic rings. The highest BCUT2D eigenvalue weighted by atomic mass is 16.4. The Hall–Kier alpha value is -1.84. The van der Waals surface area contributed by atoms with Crippen molar-refractivity contribution in [1.82, 2.24) is 0 Å². The molecule has 0 aliphatic heterocycles. The van der Waals surface area contributed by atoms with Gasteiger partial charge in [-0.25, -0.2) is 0 Å². The highest BCUT2D eigenvalue weighted by Gasteiger charge is 2.17. The Labute approximate surface area is 132 Å². The van der Waals surface area contributed by atoms with Crippen LogP contribution in [0.2, 0.25) is 0 Å². The van der Waals surface area contributed by atoms with E-state index in [1.165, 1.54) is 37.7 Å². The molecule has 2 rings (SSSR count). The second-order valence-electron chi connectivity index (χ2n) is 6.06. The summed E-state index contributed by atoms with van der Waals surface area (Å²) in [5.41, 5.74) is 2.96. The molecule has 0 saturated heterocycles. The molecule has 0 radical (unpaired) electrons. The molecule has 4 heteroatoms. The van der Waals surface area contributed by atoms with E-state index in [0.29, 0.717) is 23.8 Å². The van der Waals surface area contributed by atoms with Crippen molar-refractivity contribution in [2.45, 2.75) is 64.2 Å². The van der Waals surface area contributed by atoms with E-state index in [0.717, 1.165) is 18.4 Å². The maximum Gasteiger partial charge on any atom is 0.134 e. The first-order valence-corrected chi connectivity index (χ1v) is 8.33. The molecule has 0 aromatic heterocycles. The van der Waals surface area contributed by atoms with Crippen LogP contribution in [0.25, 0.3) is 0 Å². The molecule has 1 aliphatic carbocycles. The second kappa shape index (κ2) is 8.57. The monoisotopic (exact) mass is 302 g/mol. The van der Waals surface area contributed by atoms with Crippen LogP contribution < -0.4 is 0 Å². The van der Waals surface area contributed by atoms with E-state index in [1.54, 1.807) is 0 Å². The van der Waals surface area contributed by atoms with E-state index in [1.807, 2.05) is 12.1 Å². The summed E-state index contributed by atoms with van der Waals surface area (Å²) in [6.07, 6.45) is 9.01. The summed E-state index contributed by atoms with van der Waals surface area (Å²) in [5, 5.41) is 25.1. The molecule has 0 amide bonds. The fraction of sp³-hybridized carbons (Fsp3) is 0.556. The molecule has 0 atom stereocenters. The van der Waals surface area contributed by atoms with Gasteiger partial charge in [-0.3, -0.25) is 0 Å². The average molecular weight is 302 g/mol. The van der Waals surface area contributed by atoms with Crippen LogP contribution in [0.1, 0.15) is 75.3 Å². The van der Waals surface area contributed by atoms with Gasteiger partial charge in [-0.05, 0) is 37.2 Å². The number of rotatable bonds is 6. The predicted molar refractivity (Wildman–Crippen MR) is 89.3 cm³/mol. The van der Waals surface area contributed by atoms with Crippen molar-refractivity contribution in [2.75, 3.05) is 0 Å². The summed E-state index contributed by atoms with van der Waals surface area (Å²) >= 11 is 0. The predicted octanol–water partition coefficient (Wildman–Crippen LogP) is 4.93.